The van der Waals surface area contributed by atoms with E-state index in [4.69, 9.17) is 0 Å². The highest BCUT2D eigenvalue weighted by molar-refractivity contribution is 4.52. The van der Waals surface area contributed by atoms with Crippen molar-refractivity contribution in [1.82, 2.24) is 0 Å². The van der Waals surface area contributed by atoms with Crippen molar-refractivity contribution in [1.29, 1.82) is 0 Å². The second-order valence-electron chi connectivity index (χ2n) is 6.19. The van der Waals surface area contributed by atoms with Gasteiger partial charge in [-0.1, -0.05) is 111 Å². The molecule has 0 heteroatoms. The summed E-state index contributed by atoms with van der Waals surface area (Å²) >= 11 is 0. The lowest BCUT2D eigenvalue weighted by Gasteiger charge is -2.07. The van der Waals surface area contributed by atoms with Crippen LogP contribution in [0.1, 0.15) is 111 Å². The highest BCUT2D eigenvalue weighted by Gasteiger charge is 1.98. The van der Waals surface area contributed by atoms with Gasteiger partial charge in [-0.3, -0.25) is 0 Å². The zero-order valence-corrected chi connectivity index (χ0v) is 13.5. The van der Waals surface area contributed by atoms with Crippen LogP contribution in [0.5, 0.6) is 0 Å². The molecule has 0 fully saturated rings. The van der Waals surface area contributed by atoms with E-state index in [0.717, 1.165) is 5.92 Å². The zero-order valence-electron chi connectivity index (χ0n) is 13.5. The van der Waals surface area contributed by atoms with Crippen molar-refractivity contribution in [3.63, 3.8) is 0 Å². The minimum absolute atomic E-state index is 0.952. The maximum absolute atomic E-state index is 2.39. The van der Waals surface area contributed by atoms with Gasteiger partial charge in [0.15, 0.2) is 0 Å². The van der Waals surface area contributed by atoms with Crippen LogP contribution in [0, 0.1) is 5.92 Å². The van der Waals surface area contributed by atoms with E-state index in [9.17, 15) is 0 Å². The van der Waals surface area contributed by atoms with Crippen LogP contribution in [0.4, 0.5) is 0 Å². The summed E-state index contributed by atoms with van der Waals surface area (Å²) in [4.78, 5) is 0. The molecule has 0 aromatic carbocycles. The topological polar surface area (TPSA) is 0 Å². The van der Waals surface area contributed by atoms with Crippen molar-refractivity contribution in [2.75, 3.05) is 0 Å². The summed E-state index contributed by atoms with van der Waals surface area (Å²) in [6.07, 6.45) is 20.4. The quantitative estimate of drug-likeness (QED) is 0.289. The molecule has 0 amide bonds. The highest BCUT2D eigenvalue weighted by atomic mass is 14.0. The number of unbranched alkanes of at least 4 members (excludes halogenated alkanes) is 11. The largest absolute Gasteiger partial charge is 0.0654 e. The molecule has 0 saturated heterocycles. The van der Waals surface area contributed by atoms with E-state index in [0.29, 0.717) is 0 Å². The SMILES string of the molecule is CCCCCCCCCCCCCC[C@H](C)CC. The Balaban J connectivity index is 2.94. The maximum Gasteiger partial charge on any atom is -0.0445 e. The van der Waals surface area contributed by atoms with Gasteiger partial charge in [0.05, 0.1) is 0 Å². The predicted octanol–water partition coefficient (Wildman–Crippen LogP) is 7.12. The van der Waals surface area contributed by atoms with Crippen molar-refractivity contribution < 1.29 is 0 Å². The van der Waals surface area contributed by atoms with E-state index in [1.807, 2.05) is 0 Å². The summed E-state index contributed by atoms with van der Waals surface area (Å²) in [5.41, 5.74) is 0. The van der Waals surface area contributed by atoms with Gasteiger partial charge in [0.25, 0.3) is 0 Å². The molecule has 0 radical (unpaired) electrons. The molecule has 0 aromatic rings. The Morgan fingerprint density at radius 2 is 0.944 bits per heavy atom. The molecule has 0 spiro atoms. The Hall–Kier alpha value is 0. The molecule has 0 rings (SSSR count). The van der Waals surface area contributed by atoms with Crippen molar-refractivity contribution in [3.8, 4) is 0 Å². The first-order valence-electron chi connectivity index (χ1n) is 8.81. The fourth-order valence-corrected chi connectivity index (χ4v) is 2.54. The van der Waals surface area contributed by atoms with Crippen molar-refractivity contribution in [2.45, 2.75) is 111 Å². The van der Waals surface area contributed by atoms with Gasteiger partial charge in [-0.05, 0) is 5.92 Å². The summed E-state index contributed by atoms with van der Waals surface area (Å²) in [5.74, 6) is 0.952. The van der Waals surface area contributed by atoms with Crippen LogP contribution < -0.4 is 0 Å². The van der Waals surface area contributed by atoms with Gasteiger partial charge in [-0.15, -0.1) is 0 Å². The molecule has 0 aliphatic heterocycles. The Labute approximate surface area is 117 Å². The van der Waals surface area contributed by atoms with Gasteiger partial charge in [0.1, 0.15) is 0 Å². The van der Waals surface area contributed by atoms with E-state index >= 15 is 0 Å². The van der Waals surface area contributed by atoms with Crippen LogP contribution in [-0.4, -0.2) is 0 Å². The van der Waals surface area contributed by atoms with Gasteiger partial charge in [-0.25, -0.2) is 0 Å². The second-order valence-corrected chi connectivity index (χ2v) is 6.19. The lowest BCUT2D eigenvalue weighted by molar-refractivity contribution is 0.468. The molecule has 0 N–H and O–H groups in total. The highest BCUT2D eigenvalue weighted by Crippen LogP contribution is 2.15. The van der Waals surface area contributed by atoms with Crippen molar-refractivity contribution in [3.05, 3.63) is 0 Å². The number of hydrogen-bond donors (Lipinski definition) is 0. The Morgan fingerprint density at radius 1 is 0.556 bits per heavy atom. The molecule has 0 unspecified atom stereocenters. The number of rotatable bonds is 14. The van der Waals surface area contributed by atoms with Crippen molar-refractivity contribution >= 4 is 0 Å². The Bertz CT molecular complexity index is 139. The molecule has 0 nitrogen and oxygen atoms in total. The van der Waals surface area contributed by atoms with E-state index in [2.05, 4.69) is 20.8 Å². The molecule has 0 aromatic heterocycles. The molecule has 1 atom stereocenters. The van der Waals surface area contributed by atoms with E-state index in [-0.39, 0.29) is 0 Å². The van der Waals surface area contributed by atoms with E-state index < -0.39 is 0 Å². The Morgan fingerprint density at radius 3 is 1.33 bits per heavy atom. The standard InChI is InChI=1S/C18H38/c1-4-6-7-8-9-10-11-12-13-14-15-16-17-18(3)5-2/h18H,4-17H2,1-3H3/t18-/m1/s1. The van der Waals surface area contributed by atoms with Gasteiger partial charge in [-0.2, -0.15) is 0 Å². The van der Waals surface area contributed by atoms with E-state index in [1.54, 1.807) is 0 Å². The van der Waals surface area contributed by atoms with Gasteiger partial charge < -0.3 is 0 Å². The van der Waals surface area contributed by atoms with Gasteiger partial charge in [0, 0.05) is 0 Å². The Kier molecular flexibility index (Phi) is 15.1. The molecule has 0 aliphatic rings. The summed E-state index contributed by atoms with van der Waals surface area (Å²) in [6.45, 7) is 6.99. The minimum atomic E-state index is 0.952. The first-order valence-corrected chi connectivity index (χ1v) is 8.81. The van der Waals surface area contributed by atoms with Crippen LogP contribution >= 0.6 is 0 Å². The van der Waals surface area contributed by atoms with Crippen molar-refractivity contribution in [2.24, 2.45) is 5.92 Å². The van der Waals surface area contributed by atoms with Crippen LogP contribution in [0.3, 0.4) is 0 Å². The lowest BCUT2D eigenvalue weighted by Crippen LogP contribution is -1.91. The first-order chi connectivity index (χ1) is 8.81. The number of hydrogen-bond acceptors (Lipinski definition) is 0. The van der Waals surface area contributed by atoms with Crippen LogP contribution in [-0.2, 0) is 0 Å². The molecular formula is C18H38. The molecule has 0 bridgehead atoms. The third-order valence-electron chi connectivity index (χ3n) is 4.25. The molecule has 0 heterocycles. The predicted molar refractivity (Wildman–Crippen MR) is 85.2 cm³/mol. The third-order valence-corrected chi connectivity index (χ3v) is 4.25. The van der Waals surface area contributed by atoms with Crippen LogP contribution in [0.25, 0.3) is 0 Å². The summed E-state index contributed by atoms with van der Waals surface area (Å²) in [5, 5.41) is 0. The minimum Gasteiger partial charge on any atom is -0.0654 e. The third kappa shape index (κ3) is 14.1. The molecular weight excluding hydrogens is 216 g/mol. The normalized spacial score (nSPS) is 12.8. The van der Waals surface area contributed by atoms with Crippen LogP contribution in [0.2, 0.25) is 0 Å². The zero-order chi connectivity index (χ0) is 13.5. The average Bonchev–Trinajstić information content (AvgIpc) is 2.39. The van der Waals surface area contributed by atoms with Gasteiger partial charge in [0.2, 0.25) is 0 Å². The van der Waals surface area contributed by atoms with Crippen LogP contribution in [0.15, 0.2) is 0 Å². The van der Waals surface area contributed by atoms with E-state index in [1.165, 1.54) is 89.9 Å². The maximum atomic E-state index is 2.39. The summed E-state index contributed by atoms with van der Waals surface area (Å²) in [7, 11) is 0. The average molecular weight is 255 g/mol. The second kappa shape index (κ2) is 15.1. The lowest BCUT2D eigenvalue weighted by atomic mass is 9.99. The molecule has 0 aliphatic carbocycles. The first kappa shape index (κ1) is 18.0. The molecule has 110 valence electrons. The van der Waals surface area contributed by atoms with Gasteiger partial charge >= 0.3 is 0 Å². The smallest absolute Gasteiger partial charge is 0.0445 e. The fraction of sp³-hybridized carbons (Fsp3) is 1.00. The summed E-state index contributed by atoms with van der Waals surface area (Å²) < 4.78 is 0. The fourth-order valence-electron chi connectivity index (χ4n) is 2.54. The molecule has 0 saturated carbocycles. The monoisotopic (exact) mass is 254 g/mol. The molecule has 18 heavy (non-hydrogen) atoms. The summed E-state index contributed by atoms with van der Waals surface area (Å²) in [6, 6.07) is 0.